The molecule has 0 atom stereocenters. The maximum Gasteiger partial charge on any atom is 0.145 e. The van der Waals surface area contributed by atoms with Crippen LogP contribution >= 0.6 is 23.4 Å². The molecule has 0 saturated heterocycles. The van der Waals surface area contributed by atoms with Gasteiger partial charge < -0.3 is 5.32 Å². The van der Waals surface area contributed by atoms with E-state index in [9.17, 15) is 0 Å². The maximum atomic E-state index is 5.75. The van der Waals surface area contributed by atoms with Gasteiger partial charge in [-0.05, 0) is 23.9 Å². The van der Waals surface area contributed by atoms with E-state index in [2.05, 4.69) is 20.3 Å². The molecule has 0 aliphatic carbocycles. The number of nitrogens with zero attached hydrogens (tertiary/aromatic N) is 3. The van der Waals surface area contributed by atoms with Gasteiger partial charge in [0.05, 0.1) is 17.4 Å². The van der Waals surface area contributed by atoms with Gasteiger partial charge in [-0.2, -0.15) is 0 Å². The number of aromatic nitrogens is 3. The molecular formula is C10H9ClN4S. The highest BCUT2D eigenvalue weighted by Gasteiger charge is 2.01. The first-order valence-corrected chi connectivity index (χ1v) is 5.76. The monoisotopic (exact) mass is 252 g/mol. The van der Waals surface area contributed by atoms with Gasteiger partial charge in [-0.15, -0.1) is 0 Å². The fraction of sp³-hybridized carbons (Fsp3) is 0.100. The molecule has 2 aromatic rings. The molecule has 0 bridgehead atoms. The lowest BCUT2D eigenvalue weighted by molar-refractivity contribution is 1.04. The summed E-state index contributed by atoms with van der Waals surface area (Å²) >= 11 is 7.20. The van der Waals surface area contributed by atoms with Crippen LogP contribution in [0.15, 0.2) is 40.8 Å². The summed E-state index contributed by atoms with van der Waals surface area (Å²) in [6.45, 7) is 0. The summed E-state index contributed by atoms with van der Waals surface area (Å²) in [5.41, 5.74) is 0. The van der Waals surface area contributed by atoms with E-state index in [4.69, 9.17) is 11.6 Å². The molecular weight excluding hydrogens is 244 g/mol. The summed E-state index contributed by atoms with van der Waals surface area (Å²) in [5, 5.41) is 5.19. The van der Waals surface area contributed by atoms with Crippen LogP contribution in [0.4, 0.5) is 5.82 Å². The molecule has 0 aliphatic heterocycles. The molecule has 0 spiro atoms. The van der Waals surface area contributed by atoms with Crippen molar-refractivity contribution >= 4 is 29.2 Å². The molecule has 82 valence electrons. The van der Waals surface area contributed by atoms with Gasteiger partial charge in [-0.3, -0.25) is 4.98 Å². The Labute approximate surface area is 102 Å². The normalized spacial score (nSPS) is 10.1. The summed E-state index contributed by atoms with van der Waals surface area (Å²) in [4.78, 5) is 12.6. The van der Waals surface area contributed by atoms with Gasteiger partial charge in [0, 0.05) is 13.2 Å². The fourth-order valence-corrected chi connectivity index (χ4v) is 1.87. The molecule has 0 unspecified atom stereocenters. The van der Waals surface area contributed by atoms with Crippen molar-refractivity contribution in [2.45, 2.75) is 10.1 Å². The Morgan fingerprint density at radius 1 is 1.19 bits per heavy atom. The zero-order valence-corrected chi connectivity index (χ0v) is 10.1. The highest BCUT2D eigenvalue weighted by atomic mass is 35.5. The molecule has 16 heavy (non-hydrogen) atoms. The minimum absolute atomic E-state index is 0.624. The minimum atomic E-state index is 0.624. The van der Waals surface area contributed by atoms with E-state index in [0.717, 1.165) is 15.9 Å². The summed E-state index contributed by atoms with van der Waals surface area (Å²) < 4.78 is 0. The van der Waals surface area contributed by atoms with Crippen molar-refractivity contribution in [2.24, 2.45) is 0 Å². The lowest BCUT2D eigenvalue weighted by Gasteiger charge is -2.02. The zero-order valence-electron chi connectivity index (χ0n) is 8.51. The number of hydrogen-bond acceptors (Lipinski definition) is 5. The molecule has 0 saturated carbocycles. The largest absolute Gasteiger partial charge is 0.372 e. The number of nitrogens with one attached hydrogen (secondary N) is 1. The van der Waals surface area contributed by atoms with Gasteiger partial charge in [0.2, 0.25) is 0 Å². The lowest BCUT2D eigenvalue weighted by atomic mass is 10.5. The van der Waals surface area contributed by atoms with Crippen molar-refractivity contribution in [2.75, 3.05) is 12.4 Å². The predicted octanol–water partition coefficient (Wildman–Crippen LogP) is 2.72. The molecule has 2 heterocycles. The summed E-state index contributed by atoms with van der Waals surface area (Å²) in [6, 6.07) is 3.65. The van der Waals surface area contributed by atoms with Crippen LogP contribution in [-0.4, -0.2) is 22.0 Å². The van der Waals surface area contributed by atoms with Crippen molar-refractivity contribution in [3.05, 3.63) is 35.7 Å². The van der Waals surface area contributed by atoms with Gasteiger partial charge in [-0.25, -0.2) is 9.97 Å². The van der Waals surface area contributed by atoms with E-state index < -0.39 is 0 Å². The Balaban J connectivity index is 2.16. The second kappa shape index (κ2) is 5.14. The van der Waals surface area contributed by atoms with E-state index in [-0.39, 0.29) is 0 Å². The Morgan fingerprint density at radius 3 is 2.75 bits per heavy atom. The lowest BCUT2D eigenvalue weighted by Crippen LogP contribution is -1.94. The van der Waals surface area contributed by atoms with E-state index in [1.165, 1.54) is 11.8 Å². The quantitative estimate of drug-likeness (QED) is 0.910. The average molecular weight is 253 g/mol. The predicted molar refractivity (Wildman–Crippen MR) is 64.9 cm³/mol. The molecule has 4 nitrogen and oxygen atoms in total. The second-order valence-electron chi connectivity index (χ2n) is 2.91. The first kappa shape index (κ1) is 11.2. The van der Waals surface area contributed by atoms with Crippen LogP contribution < -0.4 is 5.32 Å². The van der Waals surface area contributed by atoms with Crippen molar-refractivity contribution in [1.29, 1.82) is 0 Å². The first-order valence-electron chi connectivity index (χ1n) is 4.57. The fourth-order valence-electron chi connectivity index (χ4n) is 1.05. The average Bonchev–Trinajstić information content (AvgIpc) is 2.32. The highest BCUT2D eigenvalue weighted by Crippen LogP contribution is 2.24. The highest BCUT2D eigenvalue weighted by molar-refractivity contribution is 7.99. The van der Waals surface area contributed by atoms with Crippen molar-refractivity contribution in [1.82, 2.24) is 15.0 Å². The van der Waals surface area contributed by atoms with Crippen LogP contribution in [0.25, 0.3) is 0 Å². The van der Waals surface area contributed by atoms with E-state index in [1.54, 1.807) is 31.7 Å². The molecule has 2 aromatic heterocycles. The van der Waals surface area contributed by atoms with Crippen LogP contribution in [0.1, 0.15) is 0 Å². The van der Waals surface area contributed by atoms with E-state index in [0.29, 0.717) is 5.02 Å². The van der Waals surface area contributed by atoms with Crippen molar-refractivity contribution < 1.29 is 0 Å². The number of pyridine rings is 1. The number of halogens is 1. The molecule has 0 aromatic carbocycles. The van der Waals surface area contributed by atoms with Gasteiger partial charge in [-0.1, -0.05) is 11.6 Å². The minimum Gasteiger partial charge on any atom is -0.372 e. The van der Waals surface area contributed by atoms with E-state index >= 15 is 0 Å². The molecule has 2 rings (SSSR count). The molecule has 0 radical (unpaired) electrons. The number of anilines is 1. The van der Waals surface area contributed by atoms with Crippen LogP contribution in [0.3, 0.4) is 0 Å². The topological polar surface area (TPSA) is 50.7 Å². The van der Waals surface area contributed by atoms with Crippen molar-refractivity contribution in [3.8, 4) is 0 Å². The third-order valence-electron chi connectivity index (χ3n) is 1.78. The summed E-state index contributed by atoms with van der Waals surface area (Å²) in [6.07, 6.45) is 4.97. The van der Waals surface area contributed by atoms with Crippen molar-refractivity contribution in [3.63, 3.8) is 0 Å². The summed E-state index contributed by atoms with van der Waals surface area (Å²) in [5.74, 6) is 0.735. The van der Waals surface area contributed by atoms with Gasteiger partial charge >= 0.3 is 0 Å². The molecule has 6 heteroatoms. The van der Waals surface area contributed by atoms with Crippen LogP contribution in [0.2, 0.25) is 5.02 Å². The second-order valence-corrected chi connectivity index (χ2v) is 4.39. The standard InChI is InChI=1S/C10H9ClN4S/c1-12-8-5-13-6-10(15-8)16-9-3-2-7(11)4-14-9/h2-6H,1H3,(H,12,15). The molecule has 0 aliphatic rings. The van der Waals surface area contributed by atoms with Gasteiger partial charge in [0.15, 0.2) is 0 Å². The molecule has 0 fully saturated rings. The Kier molecular flexibility index (Phi) is 3.58. The molecule has 1 N–H and O–H groups in total. The Morgan fingerprint density at radius 2 is 2.06 bits per heavy atom. The van der Waals surface area contributed by atoms with Crippen LogP contribution in [0.5, 0.6) is 0 Å². The maximum absolute atomic E-state index is 5.75. The Bertz CT molecular complexity index is 475. The zero-order chi connectivity index (χ0) is 11.4. The third kappa shape index (κ3) is 2.84. The Hall–Kier alpha value is -1.33. The van der Waals surface area contributed by atoms with Crippen LogP contribution in [0, 0.1) is 0 Å². The summed E-state index contributed by atoms with van der Waals surface area (Å²) in [7, 11) is 1.80. The van der Waals surface area contributed by atoms with Crippen LogP contribution in [-0.2, 0) is 0 Å². The van der Waals surface area contributed by atoms with E-state index in [1.807, 2.05) is 6.07 Å². The third-order valence-corrected chi connectivity index (χ3v) is 2.86. The SMILES string of the molecule is CNc1cncc(Sc2ccc(Cl)cn2)n1. The van der Waals surface area contributed by atoms with Gasteiger partial charge in [0.1, 0.15) is 15.9 Å². The molecule has 0 amide bonds. The number of hydrogen-bond donors (Lipinski definition) is 1. The smallest absolute Gasteiger partial charge is 0.145 e. The first-order chi connectivity index (χ1) is 7.78. The number of rotatable bonds is 3. The van der Waals surface area contributed by atoms with Gasteiger partial charge in [0.25, 0.3) is 0 Å².